The van der Waals surface area contributed by atoms with Crippen molar-refractivity contribution >= 4 is 11.5 Å². The summed E-state index contributed by atoms with van der Waals surface area (Å²) in [4.78, 5) is 26.9. The van der Waals surface area contributed by atoms with Crippen molar-refractivity contribution in [2.75, 3.05) is 26.3 Å². The molecule has 1 aromatic rings. The van der Waals surface area contributed by atoms with Crippen LogP contribution in [-0.2, 0) is 4.74 Å². The topological polar surface area (TPSA) is 88.5 Å². The summed E-state index contributed by atoms with van der Waals surface area (Å²) in [5, 5.41) is 10.6. The maximum absolute atomic E-state index is 12.1. The van der Waals surface area contributed by atoms with Gasteiger partial charge in [-0.1, -0.05) is 6.92 Å². The van der Waals surface area contributed by atoms with Gasteiger partial charge in [-0.05, 0) is 6.42 Å². The fourth-order valence-electron chi connectivity index (χ4n) is 2.19. The molecule has 1 aromatic heterocycles. The Morgan fingerprint density at radius 1 is 1.68 bits per heavy atom. The molecule has 7 heteroatoms. The zero-order chi connectivity index (χ0) is 13.8. The first kappa shape index (κ1) is 13.7. The first-order valence-corrected chi connectivity index (χ1v) is 6.29. The van der Waals surface area contributed by atoms with Gasteiger partial charge >= 0.3 is 0 Å². The average molecular weight is 267 g/mol. The number of rotatable bonds is 5. The van der Waals surface area contributed by atoms with Gasteiger partial charge in [0.25, 0.3) is 5.69 Å². The Morgan fingerprint density at radius 2 is 2.47 bits per heavy atom. The van der Waals surface area contributed by atoms with E-state index in [0.29, 0.717) is 19.8 Å². The van der Waals surface area contributed by atoms with Crippen molar-refractivity contribution < 1.29 is 14.5 Å². The number of ketones is 1. The molecule has 104 valence electrons. The zero-order valence-corrected chi connectivity index (χ0v) is 10.8. The third-order valence-corrected chi connectivity index (χ3v) is 3.35. The number of Topliss-reactive ketones (excluding diaryl/α,β-unsaturated/α-hetero) is 1. The molecule has 1 aliphatic heterocycles. The quantitative estimate of drug-likeness (QED) is 0.492. The fraction of sp³-hybridized carbons (Fsp3) is 0.583. The highest BCUT2D eigenvalue weighted by Gasteiger charge is 2.24. The Kier molecular flexibility index (Phi) is 4.28. The number of ether oxygens (including phenoxy) is 1. The van der Waals surface area contributed by atoms with Crippen LogP contribution in [0.2, 0.25) is 0 Å². The van der Waals surface area contributed by atoms with Crippen molar-refractivity contribution in [2.45, 2.75) is 19.4 Å². The summed E-state index contributed by atoms with van der Waals surface area (Å²) in [5.74, 6) is -0.131. The summed E-state index contributed by atoms with van der Waals surface area (Å²) in [6, 6.07) is 1.52. The van der Waals surface area contributed by atoms with Crippen LogP contribution in [-0.4, -0.2) is 52.9 Å². The molecule has 1 N–H and O–H groups in total. The molecule has 1 aliphatic rings. The minimum Gasteiger partial charge on any atom is -0.378 e. The van der Waals surface area contributed by atoms with E-state index >= 15 is 0 Å². The molecule has 0 spiro atoms. The molecule has 7 nitrogen and oxygen atoms in total. The number of hydrogen-bond donors (Lipinski definition) is 1. The smallest absolute Gasteiger partial charge is 0.287 e. The monoisotopic (exact) mass is 267 g/mol. The Balaban J connectivity index is 2.01. The molecule has 0 saturated carbocycles. The molecule has 0 amide bonds. The maximum Gasteiger partial charge on any atom is 0.287 e. The van der Waals surface area contributed by atoms with Gasteiger partial charge in [0, 0.05) is 18.7 Å². The van der Waals surface area contributed by atoms with Gasteiger partial charge in [-0.25, -0.2) is 0 Å². The van der Waals surface area contributed by atoms with Gasteiger partial charge < -0.3 is 9.72 Å². The van der Waals surface area contributed by atoms with Crippen LogP contribution in [0, 0.1) is 10.1 Å². The molecule has 2 rings (SSSR count). The Morgan fingerprint density at radius 3 is 3.11 bits per heavy atom. The molecule has 1 unspecified atom stereocenters. The molecular formula is C12H17N3O4. The molecule has 0 radical (unpaired) electrons. The number of aromatic amines is 1. The summed E-state index contributed by atoms with van der Waals surface area (Å²) < 4.78 is 5.38. The molecule has 1 atom stereocenters. The highest BCUT2D eigenvalue weighted by molar-refractivity contribution is 5.96. The molecule has 1 saturated heterocycles. The van der Waals surface area contributed by atoms with Gasteiger partial charge in [0.05, 0.1) is 36.6 Å². The van der Waals surface area contributed by atoms with E-state index in [2.05, 4.69) is 16.8 Å². The SMILES string of the molecule is CCC1COCCN1CC(=O)c1cc([N+](=O)[O-])c[nH]1. The van der Waals surface area contributed by atoms with Crippen molar-refractivity contribution in [3.63, 3.8) is 0 Å². The predicted molar refractivity (Wildman–Crippen MR) is 68.2 cm³/mol. The van der Waals surface area contributed by atoms with E-state index in [1.165, 1.54) is 12.3 Å². The number of carbonyl (C=O) groups is 1. The predicted octanol–water partition coefficient (Wildman–Crippen LogP) is 1.22. The second kappa shape index (κ2) is 5.94. The summed E-state index contributed by atoms with van der Waals surface area (Å²) in [5.41, 5.74) is 0.199. The molecule has 1 fully saturated rings. The normalized spacial score (nSPS) is 20.4. The van der Waals surface area contributed by atoms with Gasteiger partial charge in [0.2, 0.25) is 0 Å². The van der Waals surface area contributed by atoms with E-state index in [-0.39, 0.29) is 29.8 Å². The molecule has 0 aliphatic carbocycles. The number of carbonyl (C=O) groups excluding carboxylic acids is 1. The zero-order valence-electron chi connectivity index (χ0n) is 10.8. The molecule has 19 heavy (non-hydrogen) atoms. The molecule has 0 bridgehead atoms. The van der Waals surface area contributed by atoms with Crippen LogP contribution < -0.4 is 0 Å². The average Bonchev–Trinajstić information content (AvgIpc) is 2.89. The largest absolute Gasteiger partial charge is 0.378 e. The van der Waals surface area contributed by atoms with Crippen LogP contribution in [0.1, 0.15) is 23.8 Å². The highest BCUT2D eigenvalue weighted by atomic mass is 16.6. The maximum atomic E-state index is 12.1. The third kappa shape index (κ3) is 3.18. The van der Waals surface area contributed by atoms with Crippen molar-refractivity contribution in [2.24, 2.45) is 0 Å². The van der Waals surface area contributed by atoms with Gasteiger partial charge in [-0.15, -0.1) is 0 Å². The van der Waals surface area contributed by atoms with E-state index < -0.39 is 4.92 Å². The van der Waals surface area contributed by atoms with E-state index in [1.807, 2.05) is 0 Å². The van der Waals surface area contributed by atoms with Crippen LogP contribution in [0.25, 0.3) is 0 Å². The summed E-state index contributed by atoms with van der Waals surface area (Å²) in [7, 11) is 0. The van der Waals surface area contributed by atoms with Gasteiger partial charge in [-0.3, -0.25) is 19.8 Å². The van der Waals surface area contributed by atoms with E-state index in [9.17, 15) is 14.9 Å². The summed E-state index contributed by atoms with van der Waals surface area (Å²) >= 11 is 0. The second-order valence-electron chi connectivity index (χ2n) is 4.56. The van der Waals surface area contributed by atoms with Crippen LogP contribution in [0.15, 0.2) is 12.3 Å². The highest BCUT2D eigenvalue weighted by Crippen LogP contribution is 2.15. The van der Waals surface area contributed by atoms with Gasteiger partial charge in [0.1, 0.15) is 0 Å². The lowest BCUT2D eigenvalue weighted by Gasteiger charge is -2.34. The van der Waals surface area contributed by atoms with Crippen LogP contribution in [0.3, 0.4) is 0 Å². The fourth-order valence-corrected chi connectivity index (χ4v) is 2.19. The van der Waals surface area contributed by atoms with Gasteiger partial charge in [0.15, 0.2) is 5.78 Å². The first-order chi connectivity index (χ1) is 9.11. The standard InChI is InChI=1S/C12H17N3O4/c1-2-9-8-19-4-3-14(9)7-12(16)11-5-10(6-13-11)15(17)18/h5-6,9,13H,2-4,7-8H2,1H3. The number of nitrogens with zero attached hydrogens (tertiary/aromatic N) is 2. The van der Waals surface area contributed by atoms with Crippen LogP contribution in [0.5, 0.6) is 0 Å². The van der Waals surface area contributed by atoms with Crippen LogP contribution >= 0.6 is 0 Å². The lowest BCUT2D eigenvalue weighted by molar-refractivity contribution is -0.384. The molecular weight excluding hydrogens is 250 g/mol. The third-order valence-electron chi connectivity index (χ3n) is 3.35. The Labute approximate surface area is 110 Å². The minimum absolute atomic E-state index is 0.0858. The molecule has 2 heterocycles. The number of morpholine rings is 1. The Bertz CT molecular complexity index is 471. The first-order valence-electron chi connectivity index (χ1n) is 6.29. The number of nitro groups is 1. The van der Waals surface area contributed by atoms with Crippen LogP contribution in [0.4, 0.5) is 5.69 Å². The number of hydrogen-bond acceptors (Lipinski definition) is 5. The van der Waals surface area contributed by atoms with Crippen molar-refractivity contribution in [1.29, 1.82) is 0 Å². The number of aromatic nitrogens is 1. The van der Waals surface area contributed by atoms with Crippen molar-refractivity contribution in [1.82, 2.24) is 9.88 Å². The van der Waals surface area contributed by atoms with E-state index in [4.69, 9.17) is 4.74 Å². The summed E-state index contributed by atoms with van der Waals surface area (Å²) in [6.45, 7) is 4.28. The van der Waals surface area contributed by atoms with Gasteiger partial charge in [-0.2, -0.15) is 0 Å². The lowest BCUT2D eigenvalue weighted by Crippen LogP contribution is -2.47. The summed E-state index contributed by atoms with van der Waals surface area (Å²) in [6.07, 6.45) is 2.15. The Hall–Kier alpha value is -1.73. The van der Waals surface area contributed by atoms with E-state index in [1.54, 1.807) is 0 Å². The minimum atomic E-state index is -0.517. The number of H-pyrrole nitrogens is 1. The molecule has 0 aromatic carbocycles. The van der Waals surface area contributed by atoms with Crippen molar-refractivity contribution in [3.8, 4) is 0 Å². The lowest BCUT2D eigenvalue weighted by atomic mass is 10.1. The van der Waals surface area contributed by atoms with E-state index in [0.717, 1.165) is 6.42 Å². The van der Waals surface area contributed by atoms with Crippen molar-refractivity contribution in [3.05, 3.63) is 28.1 Å². The second-order valence-corrected chi connectivity index (χ2v) is 4.56. The number of nitrogens with one attached hydrogen (secondary N) is 1.